The summed E-state index contributed by atoms with van der Waals surface area (Å²) in [6.45, 7) is 4.68. The molecule has 206 valence electrons. The summed E-state index contributed by atoms with van der Waals surface area (Å²) in [6.07, 6.45) is -6.40. The van der Waals surface area contributed by atoms with E-state index in [1.807, 2.05) is 0 Å². The van der Waals surface area contributed by atoms with E-state index >= 15 is 0 Å². The van der Waals surface area contributed by atoms with Crippen molar-refractivity contribution in [2.24, 2.45) is 0 Å². The van der Waals surface area contributed by atoms with Gasteiger partial charge >= 0.3 is 24.1 Å². The predicted octanol–water partition coefficient (Wildman–Crippen LogP) is 4.14. The molecule has 0 aliphatic carbocycles. The highest BCUT2D eigenvalue weighted by atomic mass is 35.5. The highest BCUT2D eigenvalue weighted by Gasteiger charge is 2.68. The van der Waals surface area contributed by atoms with Gasteiger partial charge in [0.25, 0.3) is 5.09 Å². The Balaban J connectivity index is 2.34. The van der Waals surface area contributed by atoms with Crippen LogP contribution < -0.4 is 4.74 Å². The number of carbonyl (C=O) groups is 2. The van der Waals surface area contributed by atoms with E-state index in [1.165, 1.54) is 24.1 Å². The second-order valence-corrected chi connectivity index (χ2v) is 9.35. The zero-order valence-electron chi connectivity index (χ0n) is 20.6. The van der Waals surface area contributed by atoms with Gasteiger partial charge in [0.1, 0.15) is 24.5 Å². The Labute approximate surface area is 215 Å². The van der Waals surface area contributed by atoms with E-state index in [4.69, 9.17) is 21.1 Å². The monoisotopic (exact) mass is 554 g/mol. The zero-order valence-corrected chi connectivity index (χ0v) is 21.4. The number of esters is 1. The maximum absolute atomic E-state index is 14.5. The van der Waals surface area contributed by atoms with Crippen LogP contribution >= 0.6 is 11.6 Å². The molecular formula is C22H26ClF3N2O9. The fourth-order valence-corrected chi connectivity index (χ4v) is 3.72. The molecule has 0 saturated carbocycles. The molecule has 0 bridgehead atoms. The van der Waals surface area contributed by atoms with Crippen molar-refractivity contribution in [2.75, 3.05) is 40.5 Å². The molecule has 0 fully saturated rings. The van der Waals surface area contributed by atoms with Gasteiger partial charge in [-0.3, -0.25) is 0 Å². The Morgan fingerprint density at radius 3 is 2.35 bits per heavy atom. The highest BCUT2D eigenvalue weighted by Crippen LogP contribution is 2.48. The molecule has 37 heavy (non-hydrogen) atoms. The van der Waals surface area contributed by atoms with Crippen LogP contribution in [-0.4, -0.2) is 74.5 Å². The summed E-state index contributed by atoms with van der Waals surface area (Å²) in [7, 11) is 2.36. The Hall–Kier alpha value is -3.26. The molecule has 1 aliphatic heterocycles. The van der Waals surface area contributed by atoms with Crippen LogP contribution in [0.25, 0.3) is 6.08 Å². The maximum atomic E-state index is 14.5. The minimum Gasteiger partial charge on any atom is -0.465 e. The Morgan fingerprint density at radius 2 is 1.81 bits per heavy atom. The predicted molar refractivity (Wildman–Crippen MR) is 122 cm³/mol. The number of alkyl halides is 3. The quantitative estimate of drug-likeness (QED) is 0.250. The number of hydrogen-bond donors (Lipinski definition) is 0. The van der Waals surface area contributed by atoms with E-state index in [1.54, 1.807) is 20.8 Å². The number of methoxy groups -OCH3 is 1. The fourth-order valence-electron chi connectivity index (χ4n) is 3.27. The average molecular weight is 555 g/mol. The van der Waals surface area contributed by atoms with Crippen molar-refractivity contribution < 1.29 is 51.6 Å². The molecule has 2 rings (SSSR count). The Kier molecular flexibility index (Phi) is 9.25. The molecule has 0 unspecified atom stereocenters. The van der Waals surface area contributed by atoms with E-state index in [0.29, 0.717) is 5.56 Å². The van der Waals surface area contributed by atoms with Crippen LogP contribution in [0.5, 0.6) is 5.75 Å². The van der Waals surface area contributed by atoms with Crippen LogP contribution in [0.1, 0.15) is 31.9 Å². The summed E-state index contributed by atoms with van der Waals surface area (Å²) >= 11 is 6.31. The third kappa shape index (κ3) is 7.16. The van der Waals surface area contributed by atoms with Crippen molar-refractivity contribution in [3.8, 4) is 5.75 Å². The number of fused-ring (bicyclic) bond motifs is 1. The fraction of sp³-hybridized carbons (Fsp3) is 0.545. The molecule has 11 nitrogen and oxygen atoms in total. The second-order valence-electron chi connectivity index (χ2n) is 8.95. The number of nitrogens with zero attached hydrogens (tertiary/aromatic N) is 2. The lowest BCUT2D eigenvalue weighted by Crippen LogP contribution is -2.58. The van der Waals surface area contributed by atoms with Gasteiger partial charge in [-0.05, 0) is 36.2 Å². The van der Waals surface area contributed by atoms with Gasteiger partial charge in [-0.1, -0.05) is 32.4 Å². The van der Waals surface area contributed by atoms with Crippen LogP contribution in [-0.2, 0) is 29.3 Å². The number of carbonyl (C=O) groups excluding carboxylic acids is 2. The highest BCUT2D eigenvalue weighted by molar-refractivity contribution is 6.31. The topological polar surface area (TPSA) is 127 Å². The molecule has 1 aromatic carbocycles. The number of benzene rings is 1. The molecule has 0 aromatic heterocycles. The average Bonchev–Trinajstić information content (AvgIpc) is 2.76. The van der Waals surface area contributed by atoms with Crippen LogP contribution in [0.2, 0.25) is 5.02 Å². The standard InChI is InChI=1S/C22H26ClF3N2O9/c1-20(2,3)14-12-17-13(11-16(14)23)10-15(18(29)33-5)21(36-17,22(24,25)26)37-19(30)34-8-6-27(4)7-9-35-28(31)32/h10-12H,6-9H2,1-5H3/t21-/m1/s1. The Morgan fingerprint density at radius 1 is 1.19 bits per heavy atom. The minimum absolute atomic E-state index is 0.0218. The first-order valence-corrected chi connectivity index (χ1v) is 11.1. The van der Waals surface area contributed by atoms with Gasteiger partial charge in [0, 0.05) is 23.7 Å². The van der Waals surface area contributed by atoms with Crippen LogP contribution in [0.4, 0.5) is 18.0 Å². The third-order valence-electron chi connectivity index (χ3n) is 5.18. The third-order valence-corrected chi connectivity index (χ3v) is 5.50. The molecular weight excluding hydrogens is 529 g/mol. The summed E-state index contributed by atoms with van der Waals surface area (Å²) in [5.41, 5.74) is -1.25. The second kappa shape index (κ2) is 11.4. The number of rotatable bonds is 9. The van der Waals surface area contributed by atoms with Crippen LogP contribution in [0.3, 0.4) is 0 Å². The molecule has 0 radical (unpaired) electrons. The normalized spacial score (nSPS) is 17.3. The molecule has 1 heterocycles. The van der Waals surface area contributed by atoms with Gasteiger partial charge in [-0.2, -0.15) is 13.2 Å². The summed E-state index contributed by atoms with van der Waals surface area (Å²) < 4.78 is 62.5. The van der Waals surface area contributed by atoms with E-state index in [9.17, 15) is 32.9 Å². The van der Waals surface area contributed by atoms with Gasteiger partial charge in [0.2, 0.25) is 0 Å². The summed E-state index contributed by atoms with van der Waals surface area (Å²) in [5, 5.41) is 9.42. The number of hydrogen-bond acceptors (Lipinski definition) is 10. The number of likely N-dealkylation sites (N-methyl/N-ethyl adjacent to an activating group) is 1. The smallest absolute Gasteiger partial charge is 0.465 e. The van der Waals surface area contributed by atoms with Gasteiger partial charge < -0.3 is 28.7 Å². The molecule has 1 atom stereocenters. The molecule has 0 N–H and O–H groups in total. The SMILES string of the molecule is COC(=O)C1=Cc2cc(Cl)c(C(C)(C)C)cc2O[C@]1(OC(=O)OCCN(C)CCO[N+](=O)[O-])C(F)(F)F. The molecule has 0 spiro atoms. The van der Waals surface area contributed by atoms with Crippen molar-refractivity contribution >= 4 is 29.8 Å². The maximum Gasteiger partial charge on any atom is 0.512 e. The van der Waals surface area contributed by atoms with Gasteiger partial charge in [-0.25, -0.2) is 9.59 Å². The zero-order chi connectivity index (χ0) is 28.2. The summed E-state index contributed by atoms with van der Waals surface area (Å²) in [4.78, 5) is 40.5. The lowest BCUT2D eigenvalue weighted by Gasteiger charge is -2.38. The van der Waals surface area contributed by atoms with E-state index in [0.717, 1.165) is 13.2 Å². The summed E-state index contributed by atoms with van der Waals surface area (Å²) in [6, 6.07) is 2.61. The first-order chi connectivity index (χ1) is 17.0. The van der Waals surface area contributed by atoms with E-state index in [2.05, 4.69) is 14.3 Å². The molecule has 15 heteroatoms. The van der Waals surface area contributed by atoms with Gasteiger partial charge in [0.15, 0.2) is 0 Å². The molecule has 0 amide bonds. The first-order valence-electron chi connectivity index (χ1n) is 10.7. The van der Waals surface area contributed by atoms with Crippen molar-refractivity contribution in [2.45, 2.75) is 38.1 Å². The van der Waals surface area contributed by atoms with Crippen molar-refractivity contribution in [3.05, 3.63) is 44.0 Å². The van der Waals surface area contributed by atoms with Crippen molar-refractivity contribution in [1.82, 2.24) is 4.90 Å². The number of halogens is 4. The number of ether oxygens (including phenoxy) is 4. The van der Waals surface area contributed by atoms with Gasteiger partial charge in [0.05, 0.1) is 7.11 Å². The molecule has 1 aromatic rings. The Bertz CT molecular complexity index is 1070. The largest absolute Gasteiger partial charge is 0.512 e. The first kappa shape index (κ1) is 30.0. The summed E-state index contributed by atoms with van der Waals surface area (Å²) in [5.74, 6) is -5.67. The van der Waals surface area contributed by atoms with Crippen molar-refractivity contribution in [3.63, 3.8) is 0 Å². The van der Waals surface area contributed by atoms with Crippen LogP contribution in [0.15, 0.2) is 17.7 Å². The molecule has 0 saturated heterocycles. The molecule has 1 aliphatic rings. The minimum atomic E-state index is -5.44. The van der Waals surface area contributed by atoms with Crippen LogP contribution in [0, 0.1) is 10.1 Å². The van der Waals surface area contributed by atoms with E-state index < -0.39 is 46.8 Å². The van der Waals surface area contributed by atoms with E-state index in [-0.39, 0.29) is 36.0 Å². The van der Waals surface area contributed by atoms with Crippen molar-refractivity contribution in [1.29, 1.82) is 0 Å². The lowest BCUT2D eigenvalue weighted by molar-refractivity contribution is -0.757. The lowest BCUT2D eigenvalue weighted by atomic mass is 9.85. The van der Waals surface area contributed by atoms with Gasteiger partial charge in [-0.15, -0.1) is 10.1 Å².